The smallest absolute Gasteiger partial charge is 0.275 e. The molecule has 0 aromatic rings. The number of rotatable bonds is 2. The topological polar surface area (TPSA) is 128 Å². The fourth-order valence-corrected chi connectivity index (χ4v) is 1.32. The lowest BCUT2D eigenvalue weighted by atomic mass is 9.98. The Labute approximate surface area is 85.0 Å². The van der Waals surface area contributed by atoms with Crippen LogP contribution in [0, 0.1) is 0 Å². The summed E-state index contributed by atoms with van der Waals surface area (Å²) >= 11 is 0. The Hall–Kier alpha value is -0.770. The largest absolute Gasteiger partial charge is 0.387 e. The molecule has 1 rings (SSSR count). The lowest BCUT2D eigenvalue weighted by molar-refractivity contribution is -0.285. The number of carbonyl (C=O) groups is 1. The van der Waals surface area contributed by atoms with Gasteiger partial charge in [-0.15, -0.1) is 0 Å². The van der Waals surface area contributed by atoms with Crippen molar-refractivity contribution in [1.82, 2.24) is 5.48 Å². The standard InChI is InChI=1S/C7H13NO7/c1-14-7-4(11)2(9)3(10)5(15-7)6(12)8-13/h2-5,7,9-11,13H,1H3,(H,8,12)/t2-,3-,4+,5-,7-/m0/s1. The summed E-state index contributed by atoms with van der Waals surface area (Å²) in [4.78, 5) is 11.0. The zero-order chi connectivity index (χ0) is 11.6. The zero-order valence-electron chi connectivity index (χ0n) is 7.90. The highest BCUT2D eigenvalue weighted by Crippen LogP contribution is 2.21. The number of hydrogen-bond acceptors (Lipinski definition) is 7. The van der Waals surface area contributed by atoms with E-state index >= 15 is 0 Å². The van der Waals surface area contributed by atoms with E-state index in [1.165, 1.54) is 12.6 Å². The van der Waals surface area contributed by atoms with Gasteiger partial charge in [0.1, 0.15) is 18.3 Å². The van der Waals surface area contributed by atoms with Gasteiger partial charge in [0.15, 0.2) is 12.4 Å². The number of hydrogen-bond donors (Lipinski definition) is 5. The highest BCUT2D eigenvalue weighted by Gasteiger charge is 2.46. The second-order valence-corrected chi connectivity index (χ2v) is 3.11. The van der Waals surface area contributed by atoms with Crippen molar-refractivity contribution in [2.24, 2.45) is 0 Å². The normalized spacial score (nSPS) is 41.3. The average molecular weight is 223 g/mol. The molecule has 8 nitrogen and oxygen atoms in total. The number of aliphatic hydroxyl groups excluding tert-OH is 3. The maximum atomic E-state index is 11.0. The van der Waals surface area contributed by atoms with E-state index in [1.54, 1.807) is 0 Å². The summed E-state index contributed by atoms with van der Waals surface area (Å²) in [6.45, 7) is 0. The van der Waals surface area contributed by atoms with Gasteiger partial charge in [0.2, 0.25) is 0 Å². The second-order valence-electron chi connectivity index (χ2n) is 3.11. The molecule has 0 aromatic heterocycles. The minimum atomic E-state index is -1.64. The highest BCUT2D eigenvalue weighted by atomic mass is 16.7. The summed E-state index contributed by atoms with van der Waals surface area (Å²) < 4.78 is 9.47. The van der Waals surface area contributed by atoms with Gasteiger partial charge in [0.25, 0.3) is 5.91 Å². The van der Waals surface area contributed by atoms with Gasteiger partial charge in [-0.25, -0.2) is 5.48 Å². The molecule has 5 atom stereocenters. The Morgan fingerprint density at radius 2 is 1.87 bits per heavy atom. The van der Waals surface area contributed by atoms with Gasteiger partial charge in [-0.1, -0.05) is 0 Å². The first kappa shape index (κ1) is 12.3. The van der Waals surface area contributed by atoms with Gasteiger partial charge in [-0.05, 0) is 0 Å². The number of carbonyl (C=O) groups excluding carboxylic acids is 1. The van der Waals surface area contributed by atoms with Crippen LogP contribution >= 0.6 is 0 Å². The molecular formula is C7H13NO7. The minimum absolute atomic E-state index is 1.03. The van der Waals surface area contributed by atoms with Gasteiger partial charge >= 0.3 is 0 Å². The molecule has 5 N–H and O–H groups in total. The van der Waals surface area contributed by atoms with Crippen LogP contribution in [0.5, 0.6) is 0 Å². The van der Waals surface area contributed by atoms with Crippen molar-refractivity contribution in [1.29, 1.82) is 0 Å². The Bertz CT molecular complexity index is 233. The van der Waals surface area contributed by atoms with Crippen molar-refractivity contribution < 1.29 is 34.8 Å². The van der Waals surface area contributed by atoms with Crippen LogP contribution in [-0.4, -0.2) is 64.2 Å². The molecule has 1 saturated heterocycles. The highest BCUT2D eigenvalue weighted by molar-refractivity contribution is 5.80. The van der Waals surface area contributed by atoms with Crippen molar-refractivity contribution in [3.63, 3.8) is 0 Å². The molecule has 0 bridgehead atoms. The van der Waals surface area contributed by atoms with Crippen LogP contribution in [0.25, 0.3) is 0 Å². The van der Waals surface area contributed by atoms with Gasteiger partial charge in [-0.3, -0.25) is 10.0 Å². The Morgan fingerprint density at radius 3 is 2.33 bits per heavy atom. The molecule has 15 heavy (non-hydrogen) atoms. The fraction of sp³-hybridized carbons (Fsp3) is 0.857. The maximum Gasteiger partial charge on any atom is 0.275 e. The fourth-order valence-electron chi connectivity index (χ4n) is 1.32. The Kier molecular flexibility index (Phi) is 3.97. The van der Waals surface area contributed by atoms with Gasteiger partial charge in [0, 0.05) is 7.11 Å². The van der Waals surface area contributed by atoms with Crippen molar-refractivity contribution in [3.8, 4) is 0 Å². The van der Waals surface area contributed by atoms with Crippen molar-refractivity contribution in [2.45, 2.75) is 30.7 Å². The Balaban J connectivity index is 2.78. The Morgan fingerprint density at radius 1 is 1.27 bits per heavy atom. The molecule has 0 spiro atoms. The molecule has 1 fully saturated rings. The van der Waals surface area contributed by atoms with E-state index in [-0.39, 0.29) is 0 Å². The summed E-state index contributed by atoms with van der Waals surface area (Å²) in [7, 11) is 1.20. The second kappa shape index (κ2) is 4.84. The summed E-state index contributed by atoms with van der Waals surface area (Å²) in [5.41, 5.74) is 1.27. The van der Waals surface area contributed by atoms with Crippen molar-refractivity contribution in [3.05, 3.63) is 0 Å². The van der Waals surface area contributed by atoms with Gasteiger partial charge in [0.05, 0.1) is 0 Å². The lowest BCUT2D eigenvalue weighted by Gasteiger charge is -2.38. The van der Waals surface area contributed by atoms with Crippen LogP contribution < -0.4 is 5.48 Å². The van der Waals surface area contributed by atoms with Gasteiger partial charge in [-0.2, -0.15) is 0 Å². The summed E-state index contributed by atoms with van der Waals surface area (Å²) in [6.07, 6.45) is -7.44. The number of aliphatic hydroxyl groups is 3. The quantitative estimate of drug-likeness (QED) is 0.248. The van der Waals surface area contributed by atoms with E-state index in [4.69, 9.17) is 9.94 Å². The summed E-state index contributed by atoms with van der Waals surface area (Å²) in [6, 6.07) is 0. The third-order valence-corrected chi connectivity index (χ3v) is 2.17. The lowest BCUT2D eigenvalue weighted by Crippen LogP contribution is -2.61. The molecule has 0 aliphatic carbocycles. The van der Waals surface area contributed by atoms with Crippen LogP contribution in [0.1, 0.15) is 0 Å². The molecule has 0 aromatic carbocycles. The maximum absolute atomic E-state index is 11.0. The molecule has 1 aliphatic heterocycles. The predicted octanol–water partition coefficient (Wildman–Crippen LogP) is -3.05. The van der Waals surface area contributed by atoms with E-state index in [0.29, 0.717) is 0 Å². The van der Waals surface area contributed by atoms with E-state index in [2.05, 4.69) is 4.74 Å². The number of nitrogens with one attached hydrogen (secondary N) is 1. The number of hydroxylamine groups is 1. The minimum Gasteiger partial charge on any atom is -0.387 e. The molecule has 88 valence electrons. The first-order valence-electron chi connectivity index (χ1n) is 4.19. The molecule has 1 aliphatic rings. The van der Waals surface area contributed by atoms with E-state index in [0.717, 1.165) is 0 Å². The summed E-state index contributed by atoms with van der Waals surface area (Å²) in [5.74, 6) is -1.03. The molecule has 0 radical (unpaired) electrons. The first-order chi connectivity index (χ1) is 7.02. The van der Waals surface area contributed by atoms with Crippen LogP contribution in [-0.2, 0) is 14.3 Å². The molecule has 1 heterocycles. The monoisotopic (exact) mass is 223 g/mol. The predicted molar refractivity (Wildman–Crippen MR) is 43.6 cm³/mol. The SMILES string of the molecule is CO[C@H]1O[C@H](C(=O)NO)[C@@H](O)[C@H](O)[C@H]1O. The van der Waals surface area contributed by atoms with E-state index in [1.807, 2.05) is 0 Å². The van der Waals surface area contributed by atoms with Crippen LogP contribution in [0.15, 0.2) is 0 Å². The number of methoxy groups -OCH3 is 1. The number of ether oxygens (including phenoxy) is 2. The molecule has 1 amide bonds. The third-order valence-electron chi connectivity index (χ3n) is 2.17. The van der Waals surface area contributed by atoms with Crippen LogP contribution in [0.2, 0.25) is 0 Å². The van der Waals surface area contributed by atoms with E-state index in [9.17, 15) is 20.1 Å². The van der Waals surface area contributed by atoms with Gasteiger partial charge < -0.3 is 24.8 Å². The third kappa shape index (κ3) is 2.25. The molecule has 8 heteroatoms. The number of amides is 1. The molecule has 0 unspecified atom stereocenters. The molecule has 0 saturated carbocycles. The van der Waals surface area contributed by atoms with Crippen LogP contribution in [0.3, 0.4) is 0 Å². The molecular weight excluding hydrogens is 210 g/mol. The first-order valence-corrected chi connectivity index (χ1v) is 4.19. The van der Waals surface area contributed by atoms with Crippen molar-refractivity contribution in [2.75, 3.05) is 7.11 Å². The summed E-state index contributed by atoms with van der Waals surface area (Å²) in [5, 5.41) is 36.4. The average Bonchev–Trinajstić information content (AvgIpc) is 2.25. The van der Waals surface area contributed by atoms with E-state index < -0.39 is 36.6 Å². The zero-order valence-corrected chi connectivity index (χ0v) is 7.90. The van der Waals surface area contributed by atoms with Crippen LogP contribution in [0.4, 0.5) is 0 Å². The van der Waals surface area contributed by atoms with Crippen molar-refractivity contribution >= 4 is 5.91 Å².